The lowest BCUT2D eigenvalue weighted by molar-refractivity contribution is -0.115. The van der Waals surface area contributed by atoms with Crippen molar-refractivity contribution in [1.29, 1.82) is 0 Å². The third kappa shape index (κ3) is 3.59. The Labute approximate surface area is 134 Å². The molecule has 120 valence electrons. The van der Waals surface area contributed by atoms with Gasteiger partial charge < -0.3 is 10.6 Å². The number of aromatic nitrogens is 2. The minimum absolute atomic E-state index is 0.0356. The molecule has 2 N–H and O–H groups in total. The molecule has 0 spiro atoms. The summed E-state index contributed by atoms with van der Waals surface area (Å²) in [7, 11) is 0. The van der Waals surface area contributed by atoms with Crippen molar-refractivity contribution in [3.63, 3.8) is 0 Å². The molecule has 1 aliphatic rings. The van der Waals surface area contributed by atoms with E-state index < -0.39 is 0 Å². The Kier molecular flexibility index (Phi) is 4.14. The summed E-state index contributed by atoms with van der Waals surface area (Å²) in [5.41, 5.74) is 2.94. The summed E-state index contributed by atoms with van der Waals surface area (Å²) >= 11 is 0. The number of carbonyl (C=O) groups excluding carboxylic acids is 2. The van der Waals surface area contributed by atoms with Gasteiger partial charge in [-0.05, 0) is 44.0 Å². The Balaban J connectivity index is 1.75. The number of nitrogens with zero attached hydrogens (tertiary/aromatic N) is 2. The first-order valence-electron chi connectivity index (χ1n) is 7.84. The van der Waals surface area contributed by atoms with E-state index in [1.54, 1.807) is 29.9 Å². The monoisotopic (exact) mass is 312 g/mol. The molecule has 0 saturated heterocycles. The van der Waals surface area contributed by atoms with E-state index in [0.29, 0.717) is 23.7 Å². The molecule has 23 heavy (non-hydrogen) atoms. The van der Waals surface area contributed by atoms with E-state index in [-0.39, 0.29) is 11.8 Å². The summed E-state index contributed by atoms with van der Waals surface area (Å²) in [6.45, 7) is 3.65. The first-order valence-corrected chi connectivity index (χ1v) is 7.84. The zero-order valence-electron chi connectivity index (χ0n) is 13.3. The highest BCUT2D eigenvalue weighted by molar-refractivity contribution is 5.94. The average molecular weight is 312 g/mol. The zero-order valence-corrected chi connectivity index (χ0v) is 13.3. The highest BCUT2D eigenvalue weighted by Crippen LogP contribution is 2.20. The molecule has 1 saturated carbocycles. The van der Waals surface area contributed by atoms with Crippen molar-refractivity contribution in [2.24, 2.45) is 0 Å². The summed E-state index contributed by atoms with van der Waals surface area (Å²) < 4.78 is 1.70. The molecule has 0 unspecified atom stereocenters. The fourth-order valence-electron chi connectivity index (χ4n) is 2.22. The van der Waals surface area contributed by atoms with Crippen LogP contribution in [0.4, 0.5) is 5.69 Å². The first-order chi connectivity index (χ1) is 11.1. The third-order valence-electron chi connectivity index (χ3n) is 3.80. The molecular weight excluding hydrogens is 292 g/mol. The SMILES string of the molecule is CCC(=O)Nc1cn(-c2ccc(C(=O)NC3CC3)cc2)nc1C. The van der Waals surface area contributed by atoms with Crippen LogP contribution in [-0.4, -0.2) is 27.6 Å². The molecule has 0 aliphatic heterocycles. The number of benzene rings is 1. The van der Waals surface area contributed by atoms with Crippen LogP contribution in [0.3, 0.4) is 0 Å². The van der Waals surface area contributed by atoms with Gasteiger partial charge in [-0.15, -0.1) is 0 Å². The summed E-state index contributed by atoms with van der Waals surface area (Å²) in [6.07, 6.45) is 4.35. The van der Waals surface area contributed by atoms with Gasteiger partial charge in [0.25, 0.3) is 5.91 Å². The molecule has 1 fully saturated rings. The second kappa shape index (κ2) is 6.24. The smallest absolute Gasteiger partial charge is 0.251 e. The molecule has 6 nitrogen and oxygen atoms in total. The second-order valence-electron chi connectivity index (χ2n) is 5.77. The molecule has 1 aliphatic carbocycles. The minimum atomic E-state index is -0.0419. The van der Waals surface area contributed by atoms with Gasteiger partial charge in [0.05, 0.1) is 23.3 Å². The summed E-state index contributed by atoms with van der Waals surface area (Å²) in [6, 6.07) is 7.61. The number of anilines is 1. The van der Waals surface area contributed by atoms with Gasteiger partial charge in [0, 0.05) is 18.0 Å². The molecule has 0 radical (unpaired) electrons. The van der Waals surface area contributed by atoms with Crippen LogP contribution in [0.25, 0.3) is 5.69 Å². The quantitative estimate of drug-likeness (QED) is 0.890. The molecule has 1 heterocycles. The van der Waals surface area contributed by atoms with Gasteiger partial charge in [0.1, 0.15) is 0 Å². The Morgan fingerprint density at radius 2 is 1.96 bits per heavy atom. The van der Waals surface area contributed by atoms with Crippen molar-refractivity contribution in [3.8, 4) is 5.69 Å². The molecule has 1 aromatic heterocycles. The number of carbonyl (C=O) groups is 2. The van der Waals surface area contributed by atoms with E-state index in [1.807, 2.05) is 19.1 Å². The second-order valence-corrected chi connectivity index (χ2v) is 5.77. The van der Waals surface area contributed by atoms with Gasteiger partial charge >= 0.3 is 0 Å². The average Bonchev–Trinajstić information content (AvgIpc) is 3.30. The van der Waals surface area contributed by atoms with Gasteiger partial charge in [0.2, 0.25) is 5.91 Å². The standard InChI is InChI=1S/C17H20N4O2/c1-3-16(22)19-15-10-21(20-11(15)2)14-8-4-12(5-9-14)17(23)18-13-6-7-13/h4-5,8-10,13H,3,6-7H2,1-2H3,(H,18,23)(H,19,22). The number of rotatable bonds is 5. The van der Waals surface area contributed by atoms with Crippen molar-refractivity contribution >= 4 is 17.5 Å². The minimum Gasteiger partial charge on any atom is -0.349 e. The normalized spacial score (nSPS) is 13.7. The predicted molar refractivity (Wildman–Crippen MR) is 87.7 cm³/mol. The number of amides is 2. The Morgan fingerprint density at radius 1 is 1.26 bits per heavy atom. The Morgan fingerprint density at radius 3 is 2.57 bits per heavy atom. The van der Waals surface area contributed by atoms with Crippen molar-refractivity contribution in [3.05, 3.63) is 41.7 Å². The highest BCUT2D eigenvalue weighted by Gasteiger charge is 2.23. The van der Waals surface area contributed by atoms with E-state index in [1.165, 1.54) is 0 Å². The topological polar surface area (TPSA) is 76.0 Å². The molecule has 2 aromatic rings. The summed E-state index contributed by atoms with van der Waals surface area (Å²) in [5, 5.41) is 10.2. The van der Waals surface area contributed by atoms with Crippen molar-refractivity contribution in [2.45, 2.75) is 39.2 Å². The fraction of sp³-hybridized carbons (Fsp3) is 0.353. The molecular formula is C17H20N4O2. The molecule has 6 heteroatoms. The summed E-state index contributed by atoms with van der Waals surface area (Å²) in [5.74, 6) is -0.0775. The van der Waals surface area contributed by atoms with E-state index in [9.17, 15) is 9.59 Å². The van der Waals surface area contributed by atoms with Gasteiger partial charge in [-0.25, -0.2) is 4.68 Å². The van der Waals surface area contributed by atoms with Crippen LogP contribution in [0, 0.1) is 6.92 Å². The van der Waals surface area contributed by atoms with Crippen LogP contribution in [0.2, 0.25) is 0 Å². The van der Waals surface area contributed by atoms with Crippen molar-refractivity contribution in [2.75, 3.05) is 5.32 Å². The lowest BCUT2D eigenvalue weighted by Crippen LogP contribution is -2.25. The zero-order chi connectivity index (χ0) is 16.4. The Bertz CT molecular complexity index is 730. The number of aryl methyl sites for hydroxylation is 1. The van der Waals surface area contributed by atoms with Gasteiger partial charge in [0.15, 0.2) is 0 Å². The predicted octanol–water partition coefficient (Wildman–Crippen LogP) is 2.42. The van der Waals surface area contributed by atoms with Gasteiger partial charge in [-0.2, -0.15) is 5.10 Å². The molecule has 2 amide bonds. The van der Waals surface area contributed by atoms with Crippen LogP contribution in [0.15, 0.2) is 30.5 Å². The van der Waals surface area contributed by atoms with Crippen molar-refractivity contribution in [1.82, 2.24) is 15.1 Å². The lowest BCUT2D eigenvalue weighted by Gasteiger charge is -2.05. The molecule has 1 aromatic carbocycles. The van der Waals surface area contributed by atoms with E-state index in [0.717, 1.165) is 24.2 Å². The molecule has 0 bridgehead atoms. The fourth-order valence-corrected chi connectivity index (χ4v) is 2.22. The first kappa shape index (κ1) is 15.3. The third-order valence-corrected chi connectivity index (χ3v) is 3.80. The van der Waals surface area contributed by atoms with Crippen LogP contribution in [-0.2, 0) is 4.79 Å². The van der Waals surface area contributed by atoms with Crippen LogP contribution >= 0.6 is 0 Å². The maximum Gasteiger partial charge on any atom is 0.251 e. The largest absolute Gasteiger partial charge is 0.349 e. The van der Waals surface area contributed by atoms with Gasteiger partial charge in [-0.1, -0.05) is 6.92 Å². The summed E-state index contributed by atoms with van der Waals surface area (Å²) in [4.78, 5) is 23.5. The van der Waals surface area contributed by atoms with Gasteiger partial charge in [-0.3, -0.25) is 9.59 Å². The maximum absolute atomic E-state index is 12.0. The number of nitrogens with one attached hydrogen (secondary N) is 2. The van der Waals surface area contributed by atoms with Crippen LogP contribution in [0.5, 0.6) is 0 Å². The number of hydrogen-bond acceptors (Lipinski definition) is 3. The molecule has 0 atom stereocenters. The maximum atomic E-state index is 12.0. The van der Waals surface area contributed by atoms with E-state index in [2.05, 4.69) is 15.7 Å². The lowest BCUT2D eigenvalue weighted by atomic mass is 10.2. The van der Waals surface area contributed by atoms with Crippen LogP contribution in [0.1, 0.15) is 42.2 Å². The molecule has 3 rings (SSSR count). The van der Waals surface area contributed by atoms with Crippen molar-refractivity contribution < 1.29 is 9.59 Å². The van der Waals surface area contributed by atoms with E-state index in [4.69, 9.17) is 0 Å². The Hall–Kier alpha value is -2.63. The number of hydrogen-bond donors (Lipinski definition) is 2. The van der Waals surface area contributed by atoms with Crippen LogP contribution < -0.4 is 10.6 Å². The van der Waals surface area contributed by atoms with E-state index >= 15 is 0 Å². The highest BCUT2D eigenvalue weighted by atomic mass is 16.2.